The maximum absolute atomic E-state index is 13.0. The average Bonchev–Trinajstić information content (AvgIpc) is 2.45. The van der Waals surface area contributed by atoms with Crippen LogP contribution >= 0.6 is 0 Å². The first-order chi connectivity index (χ1) is 10.3. The predicted molar refractivity (Wildman–Crippen MR) is 84.9 cm³/mol. The van der Waals surface area contributed by atoms with Crippen LogP contribution in [0.2, 0.25) is 0 Å². The van der Waals surface area contributed by atoms with Crippen molar-refractivity contribution in [3.05, 3.63) is 71.0 Å². The van der Waals surface area contributed by atoms with Crippen LogP contribution in [-0.2, 0) is 6.42 Å². The molecular weight excluding hydrogens is 261 g/mol. The van der Waals surface area contributed by atoms with Crippen LogP contribution in [0.5, 0.6) is 0 Å². The topological polar surface area (TPSA) is 12.0 Å². The summed E-state index contributed by atoms with van der Waals surface area (Å²) in [4.78, 5) is 0. The summed E-state index contributed by atoms with van der Waals surface area (Å²) in [6, 6.07) is 16.0. The molecule has 0 spiro atoms. The van der Waals surface area contributed by atoms with Crippen LogP contribution in [-0.4, -0.2) is 7.05 Å². The Morgan fingerprint density at radius 2 is 1.90 bits per heavy atom. The Kier molecular flexibility index (Phi) is 4.35. The molecule has 0 amide bonds. The highest BCUT2D eigenvalue weighted by Crippen LogP contribution is 2.37. The van der Waals surface area contributed by atoms with E-state index in [-0.39, 0.29) is 11.9 Å². The molecule has 0 heterocycles. The van der Waals surface area contributed by atoms with E-state index in [9.17, 15) is 4.39 Å². The van der Waals surface area contributed by atoms with Crippen LogP contribution in [0.1, 0.15) is 47.9 Å². The van der Waals surface area contributed by atoms with Gasteiger partial charge in [0.05, 0.1) is 0 Å². The van der Waals surface area contributed by atoms with Gasteiger partial charge in [0.1, 0.15) is 5.82 Å². The second kappa shape index (κ2) is 6.40. The molecule has 2 aromatic rings. The van der Waals surface area contributed by atoms with Gasteiger partial charge in [0.25, 0.3) is 0 Å². The molecule has 1 aliphatic carbocycles. The lowest BCUT2D eigenvalue weighted by molar-refractivity contribution is 0.419. The van der Waals surface area contributed by atoms with Crippen molar-refractivity contribution in [2.24, 2.45) is 0 Å². The number of hydrogen-bond acceptors (Lipinski definition) is 1. The second-order valence-electron chi connectivity index (χ2n) is 5.97. The molecule has 0 aromatic heterocycles. The van der Waals surface area contributed by atoms with E-state index in [1.807, 2.05) is 19.2 Å². The van der Waals surface area contributed by atoms with E-state index in [0.717, 1.165) is 17.9 Å². The minimum Gasteiger partial charge on any atom is -0.313 e. The van der Waals surface area contributed by atoms with Crippen molar-refractivity contribution < 1.29 is 4.39 Å². The monoisotopic (exact) mass is 283 g/mol. The Morgan fingerprint density at radius 3 is 2.52 bits per heavy atom. The highest BCUT2D eigenvalue weighted by atomic mass is 19.1. The average molecular weight is 283 g/mol. The molecule has 1 N–H and O–H groups in total. The van der Waals surface area contributed by atoms with Gasteiger partial charge in [0.2, 0.25) is 0 Å². The largest absolute Gasteiger partial charge is 0.313 e. The maximum atomic E-state index is 13.0. The zero-order valence-electron chi connectivity index (χ0n) is 12.5. The summed E-state index contributed by atoms with van der Waals surface area (Å²) >= 11 is 0. The van der Waals surface area contributed by atoms with Crippen LogP contribution in [0.15, 0.2) is 48.5 Å². The maximum Gasteiger partial charge on any atom is 0.123 e. The lowest BCUT2D eigenvalue weighted by Crippen LogP contribution is -2.19. The van der Waals surface area contributed by atoms with Gasteiger partial charge in [-0.3, -0.25) is 0 Å². The van der Waals surface area contributed by atoms with Gasteiger partial charge in [-0.05, 0) is 61.1 Å². The Balaban J connectivity index is 1.77. The SMILES string of the molecule is CNC(Cc1ccc(F)cc1)c1cccc(C2CCC2)c1. The van der Waals surface area contributed by atoms with Gasteiger partial charge in [-0.1, -0.05) is 42.8 Å². The molecule has 3 rings (SSSR count). The Hall–Kier alpha value is -1.67. The Labute approximate surface area is 126 Å². The summed E-state index contributed by atoms with van der Waals surface area (Å²) in [7, 11) is 1.99. The third-order valence-electron chi connectivity index (χ3n) is 4.59. The molecule has 110 valence electrons. The number of likely N-dealkylation sites (N-methyl/N-ethyl adjacent to an activating group) is 1. The molecule has 1 aliphatic rings. The first-order valence-electron chi connectivity index (χ1n) is 7.78. The number of benzene rings is 2. The molecule has 2 heteroatoms. The van der Waals surface area contributed by atoms with E-state index in [1.165, 1.54) is 42.5 Å². The van der Waals surface area contributed by atoms with Gasteiger partial charge in [0.15, 0.2) is 0 Å². The van der Waals surface area contributed by atoms with Gasteiger partial charge in [0, 0.05) is 6.04 Å². The smallest absolute Gasteiger partial charge is 0.123 e. The number of rotatable bonds is 5. The molecule has 1 atom stereocenters. The molecule has 1 unspecified atom stereocenters. The fourth-order valence-corrected chi connectivity index (χ4v) is 3.01. The minimum atomic E-state index is -0.174. The quantitative estimate of drug-likeness (QED) is 0.846. The molecule has 1 saturated carbocycles. The number of halogens is 1. The van der Waals surface area contributed by atoms with Gasteiger partial charge < -0.3 is 5.32 Å². The van der Waals surface area contributed by atoms with E-state index in [1.54, 1.807) is 0 Å². The second-order valence-corrected chi connectivity index (χ2v) is 5.97. The van der Waals surface area contributed by atoms with Crippen LogP contribution in [0.4, 0.5) is 4.39 Å². The van der Waals surface area contributed by atoms with Gasteiger partial charge in [-0.2, -0.15) is 0 Å². The fourth-order valence-electron chi connectivity index (χ4n) is 3.01. The van der Waals surface area contributed by atoms with Crippen molar-refractivity contribution in [1.29, 1.82) is 0 Å². The van der Waals surface area contributed by atoms with Crippen molar-refractivity contribution >= 4 is 0 Å². The first-order valence-corrected chi connectivity index (χ1v) is 7.78. The molecule has 0 saturated heterocycles. The van der Waals surface area contributed by atoms with Crippen molar-refractivity contribution in [1.82, 2.24) is 5.32 Å². The van der Waals surface area contributed by atoms with Crippen LogP contribution < -0.4 is 5.32 Å². The van der Waals surface area contributed by atoms with Crippen LogP contribution in [0, 0.1) is 5.82 Å². The predicted octanol–water partition coefficient (Wildman–Crippen LogP) is 4.60. The van der Waals surface area contributed by atoms with E-state index < -0.39 is 0 Å². The molecule has 1 nitrogen and oxygen atoms in total. The molecule has 1 fully saturated rings. The van der Waals surface area contributed by atoms with Gasteiger partial charge in [-0.15, -0.1) is 0 Å². The van der Waals surface area contributed by atoms with Crippen molar-refractivity contribution in [2.45, 2.75) is 37.6 Å². The van der Waals surface area contributed by atoms with Gasteiger partial charge in [-0.25, -0.2) is 4.39 Å². The molecule has 0 aliphatic heterocycles. The summed E-state index contributed by atoms with van der Waals surface area (Å²) < 4.78 is 13.0. The summed E-state index contributed by atoms with van der Waals surface area (Å²) in [5, 5.41) is 3.39. The molecule has 0 radical (unpaired) electrons. The Morgan fingerprint density at radius 1 is 1.14 bits per heavy atom. The normalized spacial score (nSPS) is 16.5. The summed E-state index contributed by atoms with van der Waals surface area (Å²) in [5.41, 5.74) is 3.95. The third kappa shape index (κ3) is 3.33. The third-order valence-corrected chi connectivity index (χ3v) is 4.59. The summed E-state index contributed by atoms with van der Waals surface area (Å²) in [5.74, 6) is 0.583. The molecular formula is C19H22FN. The Bertz CT molecular complexity index is 587. The number of hydrogen-bond donors (Lipinski definition) is 1. The molecule has 0 bridgehead atoms. The first kappa shape index (κ1) is 14.3. The summed E-state index contributed by atoms with van der Waals surface area (Å²) in [6.45, 7) is 0. The molecule has 21 heavy (non-hydrogen) atoms. The lowest BCUT2D eigenvalue weighted by atomic mass is 9.79. The molecule has 2 aromatic carbocycles. The van der Waals surface area contributed by atoms with E-state index in [2.05, 4.69) is 29.6 Å². The van der Waals surface area contributed by atoms with Crippen LogP contribution in [0.3, 0.4) is 0 Å². The van der Waals surface area contributed by atoms with Crippen molar-refractivity contribution in [3.63, 3.8) is 0 Å². The van der Waals surface area contributed by atoms with Crippen molar-refractivity contribution in [3.8, 4) is 0 Å². The highest BCUT2D eigenvalue weighted by molar-refractivity contribution is 5.31. The summed E-state index contributed by atoms with van der Waals surface area (Å²) in [6.07, 6.45) is 4.89. The van der Waals surface area contributed by atoms with E-state index in [4.69, 9.17) is 0 Å². The zero-order valence-corrected chi connectivity index (χ0v) is 12.5. The lowest BCUT2D eigenvalue weighted by Gasteiger charge is -2.27. The number of nitrogens with one attached hydrogen (secondary N) is 1. The standard InChI is InChI=1S/C19H22FN/c1-21-19(12-14-8-10-18(20)11-9-14)17-7-3-6-16(13-17)15-4-2-5-15/h3,6-11,13,15,19,21H,2,4-5,12H2,1H3. The zero-order chi connectivity index (χ0) is 14.7. The van der Waals surface area contributed by atoms with Crippen molar-refractivity contribution in [2.75, 3.05) is 7.05 Å². The fraction of sp³-hybridized carbons (Fsp3) is 0.368. The van der Waals surface area contributed by atoms with Crippen LogP contribution in [0.25, 0.3) is 0 Å². The highest BCUT2D eigenvalue weighted by Gasteiger charge is 2.20. The van der Waals surface area contributed by atoms with E-state index >= 15 is 0 Å². The van der Waals surface area contributed by atoms with E-state index in [0.29, 0.717) is 0 Å². The minimum absolute atomic E-state index is 0.174. The van der Waals surface area contributed by atoms with Gasteiger partial charge >= 0.3 is 0 Å².